The quantitative estimate of drug-likeness (QED) is 0.270. The number of nitrogens with zero attached hydrogens (tertiary/aromatic N) is 1. The first-order valence-electron chi connectivity index (χ1n) is 4.98. The maximum Gasteiger partial charge on any atom is 0.0540 e. The standard InChI is InChI=1S/C10H21NO/c1-3-4-5-6-7-8-9-10(2)11-12/h12H,3-9H2,1-2H3/b11-10-. The van der Waals surface area contributed by atoms with Gasteiger partial charge in [0, 0.05) is 0 Å². The zero-order valence-corrected chi connectivity index (χ0v) is 8.34. The van der Waals surface area contributed by atoms with Gasteiger partial charge < -0.3 is 5.21 Å². The van der Waals surface area contributed by atoms with Crippen LogP contribution >= 0.6 is 0 Å². The molecule has 0 aromatic rings. The van der Waals surface area contributed by atoms with E-state index < -0.39 is 0 Å². The van der Waals surface area contributed by atoms with Crippen molar-refractivity contribution in [2.24, 2.45) is 5.16 Å². The molecule has 0 unspecified atom stereocenters. The Bertz CT molecular complexity index is 121. The van der Waals surface area contributed by atoms with Gasteiger partial charge in [0.25, 0.3) is 0 Å². The molecule has 0 aromatic heterocycles. The van der Waals surface area contributed by atoms with Crippen LogP contribution in [0.4, 0.5) is 0 Å². The SMILES string of the molecule is CCCCCCCC/C(C)=N\O. The van der Waals surface area contributed by atoms with Crippen molar-refractivity contribution in [3.8, 4) is 0 Å². The Hall–Kier alpha value is -0.530. The average molecular weight is 171 g/mol. The van der Waals surface area contributed by atoms with E-state index in [4.69, 9.17) is 5.21 Å². The van der Waals surface area contributed by atoms with E-state index in [1.165, 1.54) is 38.5 Å². The molecule has 72 valence electrons. The molecular weight excluding hydrogens is 150 g/mol. The van der Waals surface area contributed by atoms with Crippen LogP contribution in [-0.2, 0) is 0 Å². The fraction of sp³-hybridized carbons (Fsp3) is 0.900. The third-order valence-electron chi connectivity index (χ3n) is 2.06. The highest BCUT2D eigenvalue weighted by Gasteiger charge is 1.92. The largest absolute Gasteiger partial charge is 0.411 e. The van der Waals surface area contributed by atoms with Crippen molar-refractivity contribution in [1.29, 1.82) is 0 Å². The average Bonchev–Trinajstić information content (AvgIpc) is 2.10. The van der Waals surface area contributed by atoms with Crippen molar-refractivity contribution in [1.82, 2.24) is 0 Å². The Balaban J connectivity index is 3.00. The summed E-state index contributed by atoms with van der Waals surface area (Å²) in [7, 11) is 0. The van der Waals surface area contributed by atoms with Crippen LogP contribution in [0.25, 0.3) is 0 Å². The molecule has 0 bridgehead atoms. The predicted octanol–water partition coefficient (Wildman–Crippen LogP) is 3.59. The lowest BCUT2D eigenvalue weighted by atomic mass is 10.1. The summed E-state index contributed by atoms with van der Waals surface area (Å²) in [4.78, 5) is 0. The molecule has 0 spiro atoms. The van der Waals surface area contributed by atoms with E-state index >= 15 is 0 Å². The summed E-state index contributed by atoms with van der Waals surface area (Å²) in [6.45, 7) is 4.09. The molecule has 0 rings (SSSR count). The van der Waals surface area contributed by atoms with Gasteiger partial charge >= 0.3 is 0 Å². The van der Waals surface area contributed by atoms with Crippen LogP contribution in [0.3, 0.4) is 0 Å². The lowest BCUT2D eigenvalue weighted by molar-refractivity contribution is 0.317. The number of rotatable bonds is 7. The molecule has 2 nitrogen and oxygen atoms in total. The van der Waals surface area contributed by atoms with E-state index in [1.807, 2.05) is 6.92 Å². The van der Waals surface area contributed by atoms with Gasteiger partial charge in [-0.1, -0.05) is 44.2 Å². The topological polar surface area (TPSA) is 32.6 Å². The van der Waals surface area contributed by atoms with E-state index in [2.05, 4.69) is 12.1 Å². The van der Waals surface area contributed by atoms with E-state index in [0.717, 1.165) is 12.1 Å². The Morgan fingerprint density at radius 3 is 2.25 bits per heavy atom. The molecular formula is C10H21NO. The van der Waals surface area contributed by atoms with E-state index in [-0.39, 0.29) is 0 Å². The van der Waals surface area contributed by atoms with Gasteiger partial charge in [0.15, 0.2) is 0 Å². The van der Waals surface area contributed by atoms with Crippen LogP contribution in [0.2, 0.25) is 0 Å². The first-order chi connectivity index (χ1) is 5.81. The van der Waals surface area contributed by atoms with Gasteiger partial charge in [0.05, 0.1) is 5.71 Å². The Morgan fingerprint density at radius 1 is 1.08 bits per heavy atom. The zero-order valence-electron chi connectivity index (χ0n) is 8.34. The first kappa shape index (κ1) is 11.5. The minimum Gasteiger partial charge on any atom is -0.411 e. The summed E-state index contributed by atoms with van der Waals surface area (Å²) in [5.74, 6) is 0. The van der Waals surface area contributed by atoms with Crippen molar-refractivity contribution in [2.45, 2.75) is 58.8 Å². The molecule has 0 aromatic carbocycles. The van der Waals surface area contributed by atoms with Crippen LogP contribution < -0.4 is 0 Å². The highest BCUT2D eigenvalue weighted by Crippen LogP contribution is 2.07. The van der Waals surface area contributed by atoms with Crippen LogP contribution in [0, 0.1) is 0 Å². The molecule has 0 fully saturated rings. The van der Waals surface area contributed by atoms with Gasteiger partial charge in [0.2, 0.25) is 0 Å². The summed E-state index contributed by atoms with van der Waals surface area (Å²) in [6, 6.07) is 0. The highest BCUT2D eigenvalue weighted by molar-refractivity contribution is 5.81. The van der Waals surface area contributed by atoms with Gasteiger partial charge in [-0.15, -0.1) is 0 Å². The Kier molecular flexibility index (Phi) is 8.19. The predicted molar refractivity (Wildman–Crippen MR) is 52.9 cm³/mol. The van der Waals surface area contributed by atoms with Gasteiger partial charge in [0.1, 0.15) is 0 Å². The van der Waals surface area contributed by atoms with Crippen LogP contribution in [0.5, 0.6) is 0 Å². The van der Waals surface area contributed by atoms with Crippen molar-refractivity contribution in [3.05, 3.63) is 0 Å². The molecule has 0 atom stereocenters. The van der Waals surface area contributed by atoms with Crippen molar-refractivity contribution in [2.75, 3.05) is 0 Å². The number of oxime groups is 1. The first-order valence-corrected chi connectivity index (χ1v) is 4.98. The molecule has 1 N–H and O–H groups in total. The van der Waals surface area contributed by atoms with E-state index in [9.17, 15) is 0 Å². The maximum atomic E-state index is 8.36. The monoisotopic (exact) mass is 171 g/mol. The van der Waals surface area contributed by atoms with Gasteiger partial charge in [-0.2, -0.15) is 0 Å². The second-order valence-electron chi connectivity index (χ2n) is 3.35. The van der Waals surface area contributed by atoms with Gasteiger partial charge in [-0.3, -0.25) is 0 Å². The third-order valence-corrected chi connectivity index (χ3v) is 2.06. The maximum absolute atomic E-state index is 8.36. The van der Waals surface area contributed by atoms with Gasteiger partial charge in [-0.25, -0.2) is 0 Å². The van der Waals surface area contributed by atoms with Crippen molar-refractivity contribution >= 4 is 5.71 Å². The molecule has 0 heterocycles. The summed E-state index contributed by atoms with van der Waals surface area (Å²) in [5, 5.41) is 11.5. The molecule has 0 saturated carbocycles. The van der Waals surface area contributed by atoms with Crippen LogP contribution in [0.1, 0.15) is 58.8 Å². The van der Waals surface area contributed by atoms with E-state index in [0.29, 0.717) is 0 Å². The normalized spacial score (nSPS) is 12.0. The molecule has 0 aliphatic heterocycles. The fourth-order valence-electron chi connectivity index (χ4n) is 1.21. The van der Waals surface area contributed by atoms with Gasteiger partial charge in [-0.05, 0) is 19.8 Å². The lowest BCUT2D eigenvalue weighted by Crippen LogP contribution is -1.90. The summed E-state index contributed by atoms with van der Waals surface area (Å²) in [6.07, 6.45) is 8.72. The second kappa shape index (κ2) is 8.57. The van der Waals surface area contributed by atoms with Crippen LogP contribution in [-0.4, -0.2) is 10.9 Å². The lowest BCUT2D eigenvalue weighted by Gasteiger charge is -1.99. The summed E-state index contributed by atoms with van der Waals surface area (Å²) in [5.41, 5.74) is 0.852. The number of hydrogen-bond acceptors (Lipinski definition) is 2. The van der Waals surface area contributed by atoms with Crippen molar-refractivity contribution < 1.29 is 5.21 Å². The second-order valence-corrected chi connectivity index (χ2v) is 3.35. The number of hydrogen-bond donors (Lipinski definition) is 1. The molecule has 2 heteroatoms. The molecule has 0 saturated heterocycles. The highest BCUT2D eigenvalue weighted by atomic mass is 16.4. The molecule has 0 aliphatic carbocycles. The summed E-state index contributed by atoms with van der Waals surface area (Å²) >= 11 is 0. The molecule has 12 heavy (non-hydrogen) atoms. The minimum absolute atomic E-state index is 0.852. The Morgan fingerprint density at radius 2 is 1.67 bits per heavy atom. The third kappa shape index (κ3) is 7.58. The molecule has 0 radical (unpaired) electrons. The zero-order chi connectivity index (χ0) is 9.23. The molecule has 0 aliphatic rings. The smallest absolute Gasteiger partial charge is 0.0540 e. The fourth-order valence-corrected chi connectivity index (χ4v) is 1.21. The van der Waals surface area contributed by atoms with Crippen molar-refractivity contribution in [3.63, 3.8) is 0 Å². The Labute approximate surface area is 75.7 Å². The summed E-state index contributed by atoms with van der Waals surface area (Å²) < 4.78 is 0. The van der Waals surface area contributed by atoms with Crippen LogP contribution in [0.15, 0.2) is 5.16 Å². The molecule has 0 amide bonds. The number of unbranched alkanes of at least 4 members (excludes halogenated alkanes) is 5. The van der Waals surface area contributed by atoms with E-state index in [1.54, 1.807) is 0 Å². The minimum atomic E-state index is 0.852.